The lowest BCUT2D eigenvalue weighted by atomic mass is 9.43. The SMILES string of the molecule is C[C@H](CCC(=O)NC(Cc1ccc(O)c(O)c1)C(=O)O)[C@H]1CC[C@H]2[C@@H]3[C@@H](O)[C@H](O)[C@@H]4C[C@H](O)CC[C@]4(C)[C@H]3CC[C@]12C. The molecule has 1 unspecified atom stereocenters. The number of aliphatic hydroxyl groups excluding tert-OH is 3. The largest absolute Gasteiger partial charge is 0.504 e. The van der Waals surface area contributed by atoms with Crippen molar-refractivity contribution < 1.29 is 40.2 Å². The van der Waals surface area contributed by atoms with Crippen LogP contribution < -0.4 is 5.32 Å². The number of carboxylic acid groups (broad SMARTS) is 1. The molecule has 1 aromatic rings. The van der Waals surface area contributed by atoms with Crippen LogP contribution in [0.1, 0.15) is 84.1 Å². The van der Waals surface area contributed by atoms with Crippen LogP contribution in [0.15, 0.2) is 18.2 Å². The van der Waals surface area contributed by atoms with Crippen molar-refractivity contribution in [3.8, 4) is 11.5 Å². The number of aliphatic carboxylic acids is 1. The minimum Gasteiger partial charge on any atom is -0.504 e. The molecule has 9 heteroatoms. The number of benzene rings is 1. The summed E-state index contributed by atoms with van der Waals surface area (Å²) >= 11 is 0. The normalized spacial score (nSPS) is 40.7. The van der Waals surface area contributed by atoms with Crippen LogP contribution in [-0.4, -0.2) is 66.9 Å². The van der Waals surface area contributed by atoms with Gasteiger partial charge in [0, 0.05) is 12.8 Å². The number of carbonyl (C=O) groups is 2. The van der Waals surface area contributed by atoms with E-state index in [4.69, 9.17) is 0 Å². The Morgan fingerprint density at radius 2 is 1.62 bits per heavy atom. The Kier molecular flexibility index (Phi) is 8.60. The molecule has 7 N–H and O–H groups in total. The molecule has 0 bridgehead atoms. The van der Waals surface area contributed by atoms with Crippen molar-refractivity contribution in [3.05, 3.63) is 23.8 Å². The molecule has 42 heavy (non-hydrogen) atoms. The zero-order valence-corrected chi connectivity index (χ0v) is 25.1. The van der Waals surface area contributed by atoms with E-state index in [0.29, 0.717) is 36.2 Å². The predicted octanol–water partition coefficient (Wildman–Crippen LogP) is 3.59. The molecule has 1 aromatic carbocycles. The van der Waals surface area contributed by atoms with Gasteiger partial charge in [0.2, 0.25) is 5.91 Å². The van der Waals surface area contributed by atoms with E-state index in [2.05, 4.69) is 26.1 Å². The van der Waals surface area contributed by atoms with Gasteiger partial charge in [-0.05, 0) is 115 Å². The first-order valence-electron chi connectivity index (χ1n) is 15.8. The second kappa shape index (κ2) is 11.6. The van der Waals surface area contributed by atoms with Crippen molar-refractivity contribution in [3.63, 3.8) is 0 Å². The van der Waals surface area contributed by atoms with Crippen LogP contribution >= 0.6 is 0 Å². The van der Waals surface area contributed by atoms with Gasteiger partial charge in [-0.25, -0.2) is 4.79 Å². The van der Waals surface area contributed by atoms with E-state index in [1.807, 2.05) is 0 Å². The molecule has 5 rings (SSSR count). The minimum absolute atomic E-state index is 0.000389. The number of aromatic hydroxyl groups is 2. The highest BCUT2D eigenvalue weighted by molar-refractivity contribution is 5.83. The highest BCUT2D eigenvalue weighted by Gasteiger charge is 2.65. The van der Waals surface area contributed by atoms with Gasteiger partial charge in [0.25, 0.3) is 0 Å². The number of hydrogen-bond acceptors (Lipinski definition) is 7. The number of fused-ring (bicyclic) bond motifs is 5. The second-order valence-electron chi connectivity index (χ2n) is 14.5. The first-order valence-corrected chi connectivity index (χ1v) is 15.8. The van der Waals surface area contributed by atoms with E-state index >= 15 is 0 Å². The number of nitrogens with one attached hydrogen (secondary N) is 1. The molecule has 12 atom stereocenters. The number of phenolic OH excluding ortho intramolecular Hbond substituents is 2. The van der Waals surface area contributed by atoms with Crippen LogP contribution in [-0.2, 0) is 16.0 Å². The highest BCUT2D eigenvalue weighted by atomic mass is 16.4. The zero-order valence-electron chi connectivity index (χ0n) is 25.1. The van der Waals surface area contributed by atoms with Crippen molar-refractivity contribution in [2.45, 2.75) is 109 Å². The molecule has 0 saturated heterocycles. The molecular formula is C33H49NO8. The van der Waals surface area contributed by atoms with E-state index in [9.17, 15) is 40.2 Å². The Balaban J connectivity index is 1.21. The van der Waals surface area contributed by atoms with E-state index in [1.165, 1.54) is 18.2 Å². The molecule has 234 valence electrons. The first-order chi connectivity index (χ1) is 19.8. The number of aliphatic hydroxyl groups is 3. The van der Waals surface area contributed by atoms with E-state index in [-0.39, 0.29) is 58.8 Å². The molecule has 4 saturated carbocycles. The lowest BCUT2D eigenvalue weighted by molar-refractivity contribution is -0.223. The van der Waals surface area contributed by atoms with Gasteiger partial charge in [0.05, 0.1) is 18.3 Å². The van der Waals surface area contributed by atoms with Crippen LogP contribution in [0.2, 0.25) is 0 Å². The van der Waals surface area contributed by atoms with Gasteiger partial charge in [-0.3, -0.25) is 4.79 Å². The maximum absolute atomic E-state index is 12.9. The molecule has 0 aliphatic heterocycles. The van der Waals surface area contributed by atoms with Gasteiger partial charge in [-0.1, -0.05) is 26.8 Å². The molecule has 0 radical (unpaired) electrons. The Morgan fingerprint density at radius 3 is 2.31 bits per heavy atom. The molecule has 0 spiro atoms. The number of hydrogen-bond donors (Lipinski definition) is 7. The summed E-state index contributed by atoms with van der Waals surface area (Å²) in [6.07, 6.45) is 5.06. The molecule has 4 aliphatic rings. The van der Waals surface area contributed by atoms with E-state index in [1.54, 1.807) is 0 Å². The molecule has 4 aliphatic carbocycles. The highest BCUT2D eigenvalue weighted by Crippen LogP contribution is 2.68. The first kappa shape index (κ1) is 31.1. The van der Waals surface area contributed by atoms with Crippen molar-refractivity contribution >= 4 is 11.9 Å². The Bertz CT molecular complexity index is 1170. The fraction of sp³-hybridized carbons (Fsp3) is 0.758. The van der Waals surface area contributed by atoms with Crippen molar-refractivity contribution in [1.82, 2.24) is 5.32 Å². The number of carbonyl (C=O) groups excluding carboxylic acids is 1. The van der Waals surface area contributed by atoms with Gasteiger partial charge in [-0.15, -0.1) is 0 Å². The average Bonchev–Trinajstić information content (AvgIpc) is 3.30. The third-order valence-electron chi connectivity index (χ3n) is 12.4. The molecule has 0 heterocycles. The Hall–Kier alpha value is -2.36. The van der Waals surface area contributed by atoms with Gasteiger partial charge in [0.15, 0.2) is 11.5 Å². The van der Waals surface area contributed by atoms with Gasteiger partial charge in [0.1, 0.15) is 6.04 Å². The van der Waals surface area contributed by atoms with Gasteiger partial charge < -0.3 is 36.0 Å². The van der Waals surface area contributed by atoms with Crippen LogP contribution in [0.5, 0.6) is 11.5 Å². The molecule has 4 fully saturated rings. The average molecular weight is 588 g/mol. The van der Waals surface area contributed by atoms with E-state index < -0.39 is 30.3 Å². The third-order valence-corrected chi connectivity index (χ3v) is 12.4. The zero-order chi connectivity index (χ0) is 30.6. The van der Waals surface area contributed by atoms with Crippen LogP contribution in [0.25, 0.3) is 0 Å². The Labute approximate surface area is 248 Å². The van der Waals surface area contributed by atoms with Crippen molar-refractivity contribution in [2.24, 2.45) is 46.3 Å². The standard InChI is InChI=1S/C33H49NO8/c1-17(4-9-27(38)34-24(31(41)42)14-18-5-8-25(36)26(37)15-18)20-6-7-21-28-22(11-13-32(20,21)2)33(3)12-10-19(35)16-23(33)29(39)30(28)40/h5,8,15,17,19-24,28-30,35-37,39-40H,4,6-7,9-14,16H2,1-3H3,(H,34,38)(H,41,42)/t17-,19-,20-,21+,22+,23+,24?,28+,29-,30-,32-,33-/m1/s1. The predicted molar refractivity (Wildman–Crippen MR) is 155 cm³/mol. The summed E-state index contributed by atoms with van der Waals surface area (Å²) in [5.41, 5.74) is 0.414. The van der Waals surface area contributed by atoms with Gasteiger partial charge in [-0.2, -0.15) is 0 Å². The number of carboxylic acids is 1. The number of amides is 1. The lowest BCUT2D eigenvalue weighted by Gasteiger charge is -2.63. The second-order valence-corrected chi connectivity index (χ2v) is 14.5. The summed E-state index contributed by atoms with van der Waals surface area (Å²) in [6.45, 7) is 6.80. The van der Waals surface area contributed by atoms with Crippen LogP contribution in [0.3, 0.4) is 0 Å². The fourth-order valence-corrected chi connectivity index (χ4v) is 10.2. The van der Waals surface area contributed by atoms with Gasteiger partial charge >= 0.3 is 5.97 Å². The maximum atomic E-state index is 12.9. The number of phenols is 2. The third kappa shape index (κ3) is 5.41. The fourth-order valence-electron chi connectivity index (χ4n) is 10.2. The molecule has 9 nitrogen and oxygen atoms in total. The van der Waals surface area contributed by atoms with Crippen LogP contribution in [0.4, 0.5) is 0 Å². The summed E-state index contributed by atoms with van der Waals surface area (Å²) in [5.74, 6) is -0.935. The summed E-state index contributed by atoms with van der Waals surface area (Å²) < 4.78 is 0. The Morgan fingerprint density at radius 1 is 0.929 bits per heavy atom. The number of rotatable bonds is 8. The van der Waals surface area contributed by atoms with Crippen LogP contribution in [0, 0.1) is 46.3 Å². The van der Waals surface area contributed by atoms with E-state index in [0.717, 1.165) is 38.5 Å². The molecular weight excluding hydrogens is 538 g/mol. The smallest absolute Gasteiger partial charge is 0.326 e. The topological polar surface area (TPSA) is 168 Å². The molecule has 1 amide bonds. The summed E-state index contributed by atoms with van der Waals surface area (Å²) in [6, 6.07) is 2.96. The molecule has 0 aromatic heterocycles. The summed E-state index contributed by atoms with van der Waals surface area (Å²) in [4.78, 5) is 24.7. The minimum atomic E-state index is -1.16. The lowest BCUT2D eigenvalue weighted by Crippen LogP contribution is -2.64. The monoisotopic (exact) mass is 587 g/mol. The summed E-state index contributed by atoms with van der Waals surface area (Å²) in [7, 11) is 0. The van der Waals surface area contributed by atoms with Crippen molar-refractivity contribution in [2.75, 3.05) is 0 Å². The summed E-state index contributed by atoms with van der Waals surface area (Å²) in [5, 5.41) is 64.6. The maximum Gasteiger partial charge on any atom is 0.326 e. The van der Waals surface area contributed by atoms with Crippen molar-refractivity contribution in [1.29, 1.82) is 0 Å². The quantitative estimate of drug-likeness (QED) is 0.227.